The normalized spacial score (nSPS) is 15.8. The highest BCUT2D eigenvalue weighted by atomic mass is 32.2. The van der Waals surface area contributed by atoms with Crippen LogP contribution in [0.25, 0.3) is 0 Å². The molecule has 156 valence electrons. The van der Waals surface area contributed by atoms with Gasteiger partial charge in [-0.1, -0.05) is 0 Å². The maximum Gasteiger partial charge on any atom is 0.229 e. The summed E-state index contributed by atoms with van der Waals surface area (Å²) in [6.07, 6.45) is 4.63. The van der Waals surface area contributed by atoms with Gasteiger partial charge in [0.2, 0.25) is 11.8 Å². The minimum absolute atomic E-state index is 0.0508. The third-order valence-electron chi connectivity index (χ3n) is 4.68. The minimum Gasteiger partial charge on any atom is -0.474 e. The van der Waals surface area contributed by atoms with Gasteiger partial charge in [-0.2, -0.15) is 0 Å². The number of hydrogen-bond acceptors (Lipinski definition) is 8. The second kappa shape index (κ2) is 8.83. The molecule has 0 radical (unpaired) electrons. The number of likely N-dealkylation sites (tertiary alicyclic amines) is 1. The number of halogens is 1. The quantitative estimate of drug-likeness (QED) is 0.625. The first-order chi connectivity index (χ1) is 13.8. The molecule has 8 nitrogen and oxygen atoms in total. The first-order valence-electron chi connectivity index (χ1n) is 9.09. The average molecular weight is 423 g/mol. The van der Waals surface area contributed by atoms with Crippen molar-refractivity contribution >= 4 is 16.1 Å². The summed E-state index contributed by atoms with van der Waals surface area (Å²) in [4.78, 5) is 20.7. The fraction of sp³-hybridized carbons (Fsp3) is 0.421. The monoisotopic (exact) mass is 423 g/mol. The fourth-order valence-electron chi connectivity index (χ4n) is 3.01. The summed E-state index contributed by atoms with van der Waals surface area (Å²) in [5.74, 6) is -0.486. The zero-order valence-corrected chi connectivity index (χ0v) is 17.0. The van der Waals surface area contributed by atoms with E-state index < -0.39 is 15.7 Å². The Labute approximate surface area is 168 Å². The molecule has 0 spiro atoms. The van der Waals surface area contributed by atoms with Crippen LogP contribution >= 0.6 is 0 Å². The summed E-state index contributed by atoms with van der Waals surface area (Å²) in [6, 6.07) is 3.43. The molecule has 1 aromatic carbocycles. The minimum atomic E-state index is -3.52. The molecule has 10 heteroatoms. The fourth-order valence-corrected chi connectivity index (χ4v) is 3.65. The van der Waals surface area contributed by atoms with E-state index in [9.17, 15) is 17.6 Å². The van der Waals surface area contributed by atoms with Crippen molar-refractivity contribution in [3.05, 3.63) is 35.9 Å². The SMILES string of the molecule is Cc1c(Oc2ccc(S(C)(=O)=O)cc2F)ncnc1OC1CCN(CC=O)CC1. The lowest BCUT2D eigenvalue weighted by Gasteiger charge is -2.30. The number of ether oxygens (including phenoxy) is 2. The molecule has 3 rings (SSSR count). The van der Waals surface area contributed by atoms with E-state index in [2.05, 4.69) is 14.9 Å². The van der Waals surface area contributed by atoms with Gasteiger partial charge in [-0.15, -0.1) is 0 Å². The van der Waals surface area contributed by atoms with E-state index in [1.54, 1.807) is 6.92 Å². The van der Waals surface area contributed by atoms with Crippen LogP contribution in [0.5, 0.6) is 17.5 Å². The van der Waals surface area contributed by atoms with Gasteiger partial charge in [0.25, 0.3) is 0 Å². The summed E-state index contributed by atoms with van der Waals surface area (Å²) >= 11 is 0. The predicted octanol–water partition coefficient (Wildman–Crippen LogP) is 2.16. The molecular formula is C19H22FN3O5S. The van der Waals surface area contributed by atoms with Gasteiger partial charge >= 0.3 is 0 Å². The van der Waals surface area contributed by atoms with Gasteiger partial charge in [-0.05, 0) is 38.0 Å². The van der Waals surface area contributed by atoms with Gasteiger partial charge < -0.3 is 14.3 Å². The van der Waals surface area contributed by atoms with E-state index in [0.29, 0.717) is 18.0 Å². The molecule has 2 heterocycles. The molecule has 29 heavy (non-hydrogen) atoms. The second-order valence-electron chi connectivity index (χ2n) is 6.86. The zero-order valence-electron chi connectivity index (χ0n) is 16.2. The number of carbonyl (C=O) groups is 1. The summed E-state index contributed by atoms with van der Waals surface area (Å²) < 4.78 is 48.9. The maximum atomic E-state index is 14.3. The van der Waals surface area contributed by atoms with Crippen LogP contribution in [0.2, 0.25) is 0 Å². The van der Waals surface area contributed by atoms with Gasteiger partial charge in [0.05, 0.1) is 17.0 Å². The van der Waals surface area contributed by atoms with Crippen molar-refractivity contribution < 1.29 is 27.1 Å². The Balaban J connectivity index is 1.72. The molecule has 1 aliphatic heterocycles. The van der Waals surface area contributed by atoms with E-state index in [4.69, 9.17) is 9.47 Å². The predicted molar refractivity (Wildman–Crippen MR) is 103 cm³/mol. The number of hydrogen-bond donors (Lipinski definition) is 0. The average Bonchev–Trinajstić information content (AvgIpc) is 2.67. The van der Waals surface area contributed by atoms with Crippen molar-refractivity contribution in [3.63, 3.8) is 0 Å². The zero-order chi connectivity index (χ0) is 21.0. The van der Waals surface area contributed by atoms with E-state index in [-0.39, 0.29) is 22.6 Å². The Morgan fingerprint density at radius 3 is 2.55 bits per heavy atom. The molecule has 1 aliphatic rings. The van der Waals surface area contributed by atoms with Crippen LogP contribution in [0.3, 0.4) is 0 Å². The van der Waals surface area contributed by atoms with E-state index in [1.807, 2.05) is 0 Å². The van der Waals surface area contributed by atoms with Crippen LogP contribution in [-0.4, -0.2) is 61.6 Å². The van der Waals surface area contributed by atoms with Gasteiger partial charge in [0.15, 0.2) is 21.4 Å². The van der Waals surface area contributed by atoms with Gasteiger partial charge in [-0.3, -0.25) is 4.90 Å². The molecule has 1 saturated heterocycles. The van der Waals surface area contributed by atoms with E-state index >= 15 is 0 Å². The summed E-state index contributed by atoms with van der Waals surface area (Å²) in [7, 11) is -3.52. The number of rotatable bonds is 7. The summed E-state index contributed by atoms with van der Waals surface area (Å²) in [6.45, 7) is 3.64. The highest BCUT2D eigenvalue weighted by molar-refractivity contribution is 7.90. The van der Waals surface area contributed by atoms with E-state index in [1.165, 1.54) is 18.5 Å². The third-order valence-corrected chi connectivity index (χ3v) is 5.79. The molecular weight excluding hydrogens is 401 g/mol. The lowest BCUT2D eigenvalue weighted by Crippen LogP contribution is -2.39. The first-order valence-corrected chi connectivity index (χ1v) is 11.0. The molecule has 0 unspecified atom stereocenters. The highest BCUT2D eigenvalue weighted by Crippen LogP contribution is 2.31. The van der Waals surface area contributed by atoms with Crippen molar-refractivity contribution in [2.24, 2.45) is 0 Å². The number of carbonyl (C=O) groups excluding carboxylic acids is 1. The number of benzene rings is 1. The maximum absolute atomic E-state index is 14.3. The Morgan fingerprint density at radius 1 is 1.24 bits per heavy atom. The van der Waals surface area contributed by atoms with Crippen molar-refractivity contribution in [3.8, 4) is 17.5 Å². The van der Waals surface area contributed by atoms with Crippen molar-refractivity contribution in [2.75, 3.05) is 25.9 Å². The lowest BCUT2D eigenvalue weighted by atomic mass is 10.1. The number of piperidine rings is 1. The van der Waals surface area contributed by atoms with Gasteiger partial charge in [0, 0.05) is 19.3 Å². The molecule has 1 aromatic heterocycles. The van der Waals surface area contributed by atoms with Crippen LogP contribution in [0.1, 0.15) is 18.4 Å². The molecule has 0 N–H and O–H groups in total. The summed E-state index contributed by atoms with van der Waals surface area (Å²) in [5, 5.41) is 0. The Morgan fingerprint density at radius 2 is 1.93 bits per heavy atom. The third kappa shape index (κ3) is 5.27. The molecule has 0 bridgehead atoms. The number of nitrogens with zero attached hydrogens (tertiary/aromatic N) is 3. The van der Waals surface area contributed by atoms with E-state index in [0.717, 1.165) is 44.5 Å². The van der Waals surface area contributed by atoms with Crippen LogP contribution < -0.4 is 9.47 Å². The molecule has 2 aromatic rings. The first kappa shape index (κ1) is 21.1. The lowest BCUT2D eigenvalue weighted by molar-refractivity contribution is -0.109. The van der Waals surface area contributed by atoms with Gasteiger partial charge in [0.1, 0.15) is 18.7 Å². The van der Waals surface area contributed by atoms with Crippen LogP contribution in [0.15, 0.2) is 29.4 Å². The summed E-state index contributed by atoms with van der Waals surface area (Å²) in [5.41, 5.74) is 0.509. The topological polar surface area (TPSA) is 98.7 Å². The van der Waals surface area contributed by atoms with Crippen molar-refractivity contribution in [2.45, 2.75) is 30.8 Å². The van der Waals surface area contributed by atoms with Crippen LogP contribution in [-0.2, 0) is 14.6 Å². The highest BCUT2D eigenvalue weighted by Gasteiger charge is 2.22. The van der Waals surface area contributed by atoms with Crippen LogP contribution in [0.4, 0.5) is 4.39 Å². The molecule has 0 saturated carbocycles. The van der Waals surface area contributed by atoms with Crippen LogP contribution in [0, 0.1) is 12.7 Å². The second-order valence-corrected chi connectivity index (χ2v) is 8.88. The van der Waals surface area contributed by atoms with Crippen molar-refractivity contribution in [1.29, 1.82) is 0 Å². The smallest absolute Gasteiger partial charge is 0.229 e. The standard InChI is InChI=1S/C19H22FN3O5S/c1-13-18(27-14-5-7-23(8-6-14)9-10-24)21-12-22-19(13)28-17-4-3-15(11-16(17)20)29(2,25)26/h3-4,10-12,14H,5-9H2,1-2H3. The molecule has 1 fully saturated rings. The number of sulfone groups is 1. The Bertz CT molecular complexity index is 991. The molecule has 0 atom stereocenters. The largest absolute Gasteiger partial charge is 0.474 e. The molecule has 0 aliphatic carbocycles. The van der Waals surface area contributed by atoms with Crippen molar-refractivity contribution in [1.82, 2.24) is 14.9 Å². The Kier molecular flexibility index (Phi) is 6.43. The molecule has 0 amide bonds. The number of aldehydes is 1. The Hall–Kier alpha value is -2.59. The van der Waals surface area contributed by atoms with Gasteiger partial charge in [-0.25, -0.2) is 22.8 Å². The number of aromatic nitrogens is 2.